The maximum Gasteiger partial charge on any atom is 0.241 e. The molecule has 4 heteroatoms. The number of anilines is 2. The third kappa shape index (κ3) is 4.83. The summed E-state index contributed by atoms with van der Waals surface area (Å²) >= 11 is 0. The number of nitrogens with one attached hydrogen (secondary N) is 2. The van der Waals surface area contributed by atoms with Crippen molar-refractivity contribution in [1.29, 1.82) is 0 Å². The fourth-order valence-electron chi connectivity index (χ4n) is 2.46. The fourth-order valence-corrected chi connectivity index (χ4v) is 2.46. The topological polar surface area (TPSA) is 67.2 Å². The molecule has 3 unspecified atom stereocenters. The van der Waals surface area contributed by atoms with Crippen LogP contribution in [0.2, 0.25) is 0 Å². The summed E-state index contributed by atoms with van der Waals surface area (Å²) < 4.78 is 0. The molecular formula is C20H27N3O. The summed E-state index contributed by atoms with van der Waals surface area (Å²) in [6.45, 7) is 6.14. The Kier molecular flexibility index (Phi) is 6.38. The van der Waals surface area contributed by atoms with Crippen molar-refractivity contribution in [3.63, 3.8) is 0 Å². The second-order valence-electron chi connectivity index (χ2n) is 6.25. The van der Waals surface area contributed by atoms with Crippen LogP contribution in [-0.4, -0.2) is 11.9 Å². The molecule has 24 heavy (non-hydrogen) atoms. The molecule has 0 saturated heterocycles. The summed E-state index contributed by atoms with van der Waals surface area (Å²) in [4.78, 5) is 12.1. The molecule has 1 amide bonds. The number of carbonyl (C=O) groups excluding carboxylic acids is 1. The van der Waals surface area contributed by atoms with Crippen molar-refractivity contribution in [1.82, 2.24) is 0 Å². The molecular weight excluding hydrogens is 298 g/mol. The zero-order valence-corrected chi connectivity index (χ0v) is 14.6. The lowest BCUT2D eigenvalue weighted by molar-refractivity contribution is -0.118. The number of hydrogen-bond donors (Lipinski definition) is 3. The zero-order valence-electron chi connectivity index (χ0n) is 14.6. The predicted octanol–water partition coefficient (Wildman–Crippen LogP) is 4.17. The maximum absolute atomic E-state index is 12.1. The average Bonchev–Trinajstić information content (AvgIpc) is 2.62. The largest absolute Gasteiger partial charge is 0.379 e. The quantitative estimate of drug-likeness (QED) is 0.715. The molecule has 3 atom stereocenters. The molecule has 2 aromatic rings. The molecule has 0 aliphatic carbocycles. The van der Waals surface area contributed by atoms with Gasteiger partial charge >= 0.3 is 0 Å². The summed E-state index contributed by atoms with van der Waals surface area (Å²) in [5.74, 6) is 0.0281. The van der Waals surface area contributed by atoms with Crippen LogP contribution < -0.4 is 16.4 Å². The molecule has 0 heterocycles. The van der Waals surface area contributed by atoms with Crippen LogP contribution in [0, 0.1) is 5.92 Å². The first kappa shape index (κ1) is 18.0. The van der Waals surface area contributed by atoms with E-state index < -0.39 is 6.04 Å². The van der Waals surface area contributed by atoms with Crippen LogP contribution in [0.3, 0.4) is 0 Å². The summed E-state index contributed by atoms with van der Waals surface area (Å²) in [6.07, 6.45) is 0.884. The van der Waals surface area contributed by atoms with Gasteiger partial charge in [0.2, 0.25) is 5.91 Å². The number of benzene rings is 2. The van der Waals surface area contributed by atoms with E-state index in [0.29, 0.717) is 0 Å². The van der Waals surface area contributed by atoms with Gasteiger partial charge in [0.05, 0.1) is 6.04 Å². The van der Waals surface area contributed by atoms with Crippen LogP contribution in [0.4, 0.5) is 11.4 Å². The Morgan fingerprint density at radius 1 is 1.00 bits per heavy atom. The minimum atomic E-state index is -0.481. The molecule has 0 aromatic heterocycles. The van der Waals surface area contributed by atoms with E-state index in [1.54, 1.807) is 0 Å². The van der Waals surface area contributed by atoms with Crippen molar-refractivity contribution < 1.29 is 4.79 Å². The Balaban J connectivity index is 1.94. The highest BCUT2D eigenvalue weighted by atomic mass is 16.2. The third-order valence-electron chi connectivity index (χ3n) is 4.39. The summed E-state index contributed by atoms with van der Waals surface area (Å²) in [7, 11) is 0. The Hall–Kier alpha value is -2.33. The van der Waals surface area contributed by atoms with Gasteiger partial charge in [-0.1, -0.05) is 50.6 Å². The summed E-state index contributed by atoms with van der Waals surface area (Å²) in [5, 5.41) is 6.33. The van der Waals surface area contributed by atoms with Gasteiger partial charge < -0.3 is 16.4 Å². The second-order valence-corrected chi connectivity index (χ2v) is 6.25. The highest BCUT2D eigenvalue weighted by Crippen LogP contribution is 2.21. The van der Waals surface area contributed by atoms with E-state index in [1.165, 1.54) is 5.56 Å². The van der Waals surface area contributed by atoms with Gasteiger partial charge in [0.1, 0.15) is 0 Å². The maximum atomic E-state index is 12.1. The van der Waals surface area contributed by atoms with Gasteiger partial charge in [-0.25, -0.2) is 0 Å². The van der Waals surface area contributed by atoms with Crippen molar-refractivity contribution in [3.05, 3.63) is 60.2 Å². The van der Waals surface area contributed by atoms with Gasteiger partial charge in [-0.15, -0.1) is 0 Å². The molecule has 0 aliphatic heterocycles. The highest BCUT2D eigenvalue weighted by molar-refractivity contribution is 5.95. The Morgan fingerprint density at radius 3 is 2.17 bits per heavy atom. The molecule has 128 valence electrons. The first-order valence-corrected chi connectivity index (χ1v) is 8.49. The Morgan fingerprint density at radius 2 is 1.58 bits per heavy atom. The first-order valence-electron chi connectivity index (χ1n) is 8.49. The van der Waals surface area contributed by atoms with Crippen molar-refractivity contribution in [2.45, 2.75) is 39.3 Å². The predicted molar refractivity (Wildman–Crippen MR) is 101 cm³/mol. The van der Waals surface area contributed by atoms with Crippen molar-refractivity contribution in [3.8, 4) is 0 Å². The van der Waals surface area contributed by atoms with Crippen molar-refractivity contribution >= 4 is 17.3 Å². The van der Waals surface area contributed by atoms with Gasteiger partial charge in [-0.05, 0) is 42.7 Å². The monoisotopic (exact) mass is 325 g/mol. The van der Waals surface area contributed by atoms with E-state index >= 15 is 0 Å². The lowest BCUT2D eigenvalue weighted by Gasteiger charge is -2.18. The molecule has 0 fully saturated rings. The number of carbonyl (C=O) groups is 1. The second kappa shape index (κ2) is 8.50. The molecule has 0 bridgehead atoms. The normalized spacial score (nSPS) is 14.5. The average molecular weight is 325 g/mol. The van der Waals surface area contributed by atoms with Gasteiger partial charge in [0.15, 0.2) is 0 Å². The zero-order chi connectivity index (χ0) is 17.5. The number of amides is 1. The molecule has 4 nitrogen and oxygen atoms in total. The van der Waals surface area contributed by atoms with Crippen LogP contribution in [0.1, 0.15) is 38.8 Å². The van der Waals surface area contributed by atoms with E-state index in [2.05, 4.69) is 29.7 Å². The minimum absolute atomic E-state index is 0.136. The van der Waals surface area contributed by atoms with E-state index in [-0.39, 0.29) is 17.9 Å². The van der Waals surface area contributed by atoms with Gasteiger partial charge in [0, 0.05) is 17.4 Å². The molecule has 0 aliphatic rings. The van der Waals surface area contributed by atoms with E-state index in [9.17, 15) is 4.79 Å². The third-order valence-corrected chi connectivity index (χ3v) is 4.39. The van der Waals surface area contributed by atoms with Crippen LogP contribution in [0.15, 0.2) is 54.6 Å². The Labute approximate surface area is 144 Å². The van der Waals surface area contributed by atoms with Gasteiger partial charge in [-0.3, -0.25) is 4.79 Å². The van der Waals surface area contributed by atoms with Crippen LogP contribution in [-0.2, 0) is 4.79 Å². The standard InChI is InChI=1S/C20H27N3O/c1-4-14(2)19(21)20(24)23-18-12-10-17(11-13-18)22-15(3)16-8-6-5-7-9-16/h5-15,19,22H,4,21H2,1-3H3,(H,23,24). The van der Waals surface area contributed by atoms with Crippen molar-refractivity contribution in [2.24, 2.45) is 11.7 Å². The highest BCUT2D eigenvalue weighted by Gasteiger charge is 2.19. The first-order chi connectivity index (χ1) is 11.5. The molecule has 0 spiro atoms. The van der Waals surface area contributed by atoms with E-state index in [1.807, 2.05) is 56.3 Å². The number of nitrogens with two attached hydrogens (primary N) is 1. The van der Waals surface area contributed by atoms with E-state index in [0.717, 1.165) is 17.8 Å². The van der Waals surface area contributed by atoms with Gasteiger partial charge in [0.25, 0.3) is 0 Å². The van der Waals surface area contributed by atoms with Crippen molar-refractivity contribution in [2.75, 3.05) is 10.6 Å². The van der Waals surface area contributed by atoms with E-state index in [4.69, 9.17) is 5.73 Å². The lowest BCUT2D eigenvalue weighted by Crippen LogP contribution is -2.40. The van der Waals surface area contributed by atoms with Crippen LogP contribution in [0.25, 0.3) is 0 Å². The molecule has 0 radical (unpaired) electrons. The molecule has 2 aromatic carbocycles. The molecule has 0 saturated carbocycles. The van der Waals surface area contributed by atoms with Gasteiger partial charge in [-0.2, -0.15) is 0 Å². The summed E-state index contributed by atoms with van der Waals surface area (Å²) in [6, 6.07) is 17.7. The smallest absolute Gasteiger partial charge is 0.241 e. The fraction of sp³-hybridized carbons (Fsp3) is 0.350. The number of hydrogen-bond acceptors (Lipinski definition) is 3. The number of rotatable bonds is 7. The molecule has 4 N–H and O–H groups in total. The SMILES string of the molecule is CCC(C)C(N)C(=O)Nc1ccc(NC(C)c2ccccc2)cc1. The Bertz CT molecular complexity index is 640. The van der Waals surface area contributed by atoms with Crippen LogP contribution in [0.5, 0.6) is 0 Å². The summed E-state index contributed by atoms with van der Waals surface area (Å²) in [5.41, 5.74) is 8.96. The molecule has 2 rings (SSSR count). The van der Waals surface area contributed by atoms with Crippen LogP contribution >= 0.6 is 0 Å². The lowest BCUT2D eigenvalue weighted by atomic mass is 9.99. The minimum Gasteiger partial charge on any atom is -0.379 e.